The molecule has 0 amide bonds. The third-order valence-electron chi connectivity index (χ3n) is 2.28. The van der Waals surface area contributed by atoms with E-state index >= 15 is 0 Å². The fourth-order valence-corrected chi connectivity index (χ4v) is 3.03. The van der Waals surface area contributed by atoms with E-state index in [2.05, 4.69) is 4.72 Å². The molecular weight excluding hydrogens is 236 g/mol. The minimum atomic E-state index is -3.46. The summed E-state index contributed by atoms with van der Waals surface area (Å²) in [5.41, 5.74) is 6.91. The van der Waals surface area contributed by atoms with Gasteiger partial charge in [0.1, 0.15) is 0 Å². The van der Waals surface area contributed by atoms with Gasteiger partial charge in [0.15, 0.2) is 0 Å². The second kappa shape index (κ2) is 4.76. The molecule has 0 saturated carbocycles. The number of sulfonamides is 1. The Morgan fingerprint density at radius 1 is 1.29 bits per heavy atom. The van der Waals surface area contributed by atoms with E-state index in [-0.39, 0.29) is 4.90 Å². The van der Waals surface area contributed by atoms with Crippen molar-refractivity contribution in [2.24, 2.45) is 5.73 Å². The average molecular weight is 256 g/mol. The molecule has 0 fully saturated rings. The van der Waals surface area contributed by atoms with Crippen molar-refractivity contribution in [3.8, 4) is 0 Å². The maximum Gasteiger partial charge on any atom is 0.241 e. The highest BCUT2D eigenvalue weighted by molar-refractivity contribution is 7.89. The van der Waals surface area contributed by atoms with E-state index in [4.69, 9.17) is 5.73 Å². The molecule has 96 valence electrons. The van der Waals surface area contributed by atoms with Crippen LogP contribution in [-0.2, 0) is 16.6 Å². The zero-order valence-corrected chi connectivity index (χ0v) is 11.6. The Balaban J connectivity index is 3.13. The summed E-state index contributed by atoms with van der Waals surface area (Å²) in [6, 6.07) is 4.99. The fourth-order valence-electron chi connectivity index (χ4n) is 1.53. The Labute approximate surface area is 103 Å². The first-order chi connectivity index (χ1) is 7.65. The van der Waals surface area contributed by atoms with Crippen LogP contribution < -0.4 is 10.5 Å². The lowest BCUT2D eigenvalue weighted by molar-refractivity contribution is 0.491. The zero-order valence-electron chi connectivity index (χ0n) is 10.7. The highest BCUT2D eigenvalue weighted by Gasteiger charge is 2.22. The Bertz CT molecular complexity index is 502. The number of benzene rings is 1. The molecule has 0 radical (unpaired) electrons. The Morgan fingerprint density at radius 2 is 1.88 bits per heavy atom. The number of nitrogens with one attached hydrogen (secondary N) is 1. The average Bonchev–Trinajstić information content (AvgIpc) is 2.13. The molecule has 3 N–H and O–H groups in total. The van der Waals surface area contributed by atoms with Crippen LogP contribution in [0.15, 0.2) is 23.1 Å². The molecule has 0 unspecified atom stereocenters. The van der Waals surface area contributed by atoms with Gasteiger partial charge in [-0.15, -0.1) is 0 Å². The van der Waals surface area contributed by atoms with E-state index in [0.29, 0.717) is 6.54 Å². The summed E-state index contributed by atoms with van der Waals surface area (Å²) in [7, 11) is -3.46. The molecular formula is C12H20N2O2S. The van der Waals surface area contributed by atoms with Gasteiger partial charge in [-0.05, 0) is 51.0 Å². The molecule has 0 aromatic heterocycles. The molecule has 0 aliphatic carbocycles. The van der Waals surface area contributed by atoms with Crippen molar-refractivity contribution in [1.82, 2.24) is 4.72 Å². The first-order valence-electron chi connectivity index (χ1n) is 5.49. The number of aryl methyl sites for hydroxylation is 1. The molecule has 17 heavy (non-hydrogen) atoms. The third-order valence-corrected chi connectivity index (χ3v) is 4.04. The summed E-state index contributed by atoms with van der Waals surface area (Å²) in [5.74, 6) is 0. The van der Waals surface area contributed by atoms with Crippen LogP contribution >= 0.6 is 0 Å². The van der Waals surface area contributed by atoms with Gasteiger partial charge in [0.25, 0.3) is 0 Å². The summed E-state index contributed by atoms with van der Waals surface area (Å²) >= 11 is 0. The van der Waals surface area contributed by atoms with Crippen molar-refractivity contribution in [3.63, 3.8) is 0 Å². The van der Waals surface area contributed by atoms with Gasteiger partial charge < -0.3 is 5.73 Å². The van der Waals surface area contributed by atoms with Crippen molar-refractivity contribution >= 4 is 10.0 Å². The van der Waals surface area contributed by atoms with Crippen LogP contribution in [-0.4, -0.2) is 14.0 Å². The Hall–Kier alpha value is -0.910. The lowest BCUT2D eigenvalue weighted by atomic mass is 10.1. The molecule has 0 spiro atoms. The number of nitrogens with two attached hydrogens (primary N) is 1. The van der Waals surface area contributed by atoms with Crippen LogP contribution in [0.2, 0.25) is 0 Å². The van der Waals surface area contributed by atoms with Crippen molar-refractivity contribution < 1.29 is 8.42 Å². The molecule has 0 bridgehead atoms. The maximum atomic E-state index is 12.1. The smallest absolute Gasteiger partial charge is 0.241 e. The standard InChI is InChI=1S/C12H20N2O2S/c1-9-7-11(6-5-10(9)8-13)17(15,16)14-12(2,3)4/h5-7,14H,8,13H2,1-4H3. The summed E-state index contributed by atoms with van der Waals surface area (Å²) in [6.07, 6.45) is 0. The van der Waals surface area contributed by atoms with Gasteiger partial charge in [-0.3, -0.25) is 0 Å². The van der Waals surface area contributed by atoms with Crippen molar-refractivity contribution in [1.29, 1.82) is 0 Å². The minimum absolute atomic E-state index is 0.280. The predicted octanol–water partition coefficient (Wildman–Crippen LogP) is 1.53. The van der Waals surface area contributed by atoms with Gasteiger partial charge in [-0.25, -0.2) is 13.1 Å². The monoisotopic (exact) mass is 256 g/mol. The molecule has 1 aromatic rings. The molecule has 1 aromatic carbocycles. The highest BCUT2D eigenvalue weighted by atomic mass is 32.2. The number of hydrogen-bond acceptors (Lipinski definition) is 3. The van der Waals surface area contributed by atoms with E-state index in [0.717, 1.165) is 11.1 Å². The largest absolute Gasteiger partial charge is 0.326 e. The second-order valence-electron chi connectivity index (χ2n) is 5.15. The van der Waals surface area contributed by atoms with E-state index in [1.807, 2.05) is 27.7 Å². The predicted molar refractivity (Wildman–Crippen MR) is 69.1 cm³/mol. The summed E-state index contributed by atoms with van der Waals surface area (Å²) in [4.78, 5) is 0.280. The van der Waals surface area contributed by atoms with E-state index in [1.165, 1.54) is 0 Å². The fraction of sp³-hybridized carbons (Fsp3) is 0.500. The van der Waals surface area contributed by atoms with Crippen molar-refractivity contribution in [2.75, 3.05) is 0 Å². The molecule has 0 atom stereocenters. The number of rotatable bonds is 3. The maximum absolute atomic E-state index is 12.1. The topological polar surface area (TPSA) is 72.2 Å². The van der Waals surface area contributed by atoms with E-state index in [9.17, 15) is 8.42 Å². The van der Waals surface area contributed by atoms with Crippen LogP contribution in [0, 0.1) is 6.92 Å². The lowest BCUT2D eigenvalue weighted by Crippen LogP contribution is -2.40. The van der Waals surface area contributed by atoms with Crippen LogP contribution in [0.4, 0.5) is 0 Å². The van der Waals surface area contributed by atoms with Gasteiger partial charge in [-0.1, -0.05) is 6.07 Å². The van der Waals surface area contributed by atoms with E-state index in [1.54, 1.807) is 18.2 Å². The summed E-state index contributed by atoms with van der Waals surface area (Å²) in [5, 5.41) is 0. The van der Waals surface area contributed by atoms with Gasteiger partial charge in [0.05, 0.1) is 4.90 Å². The number of hydrogen-bond donors (Lipinski definition) is 2. The van der Waals surface area contributed by atoms with Crippen LogP contribution in [0.5, 0.6) is 0 Å². The van der Waals surface area contributed by atoms with Crippen LogP contribution in [0.1, 0.15) is 31.9 Å². The molecule has 4 nitrogen and oxygen atoms in total. The van der Waals surface area contributed by atoms with Crippen molar-refractivity contribution in [2.45, 2.75) is 44.7 Å². The Kier molecular flexibility index (Phi) is 3.96. The molecule has 0 saturated heterocycles. The first kappa shape index (κ1) is 14.2. The van der Waals surface area contributed by atoms with Crippen LogP contribution in [0.3, 0.4) is 0 Å². The molecule has 1 rings (SSSR count). The minimum Gasteiger partial charge on any atom is -0.326 e. The summed E-state index contributed by atoms with van der Waals surface area (Å²) in [6.45, 7) is 7.71. The zero-order chi connectivity index (χ0) is 13.3. The molecule has 0 aliphatic heterocycles. The van der Waals surface area contributed by atoms with E-state index < -0.39 is 15.6 Å². The SMILES string of the molecule is Cc1cc(S(=O)(=O)NC(C)(C)C)ccc1CN. The lowest BCUT2D eigenvalue weighted by Gasteiger charge is -2.20. The van der Waals surface area contributed by atoms with Gasteiger partial charge >= 0.3 is 0 Å². The molecule has 0 aliphatic rings. The second-order valence-corrected chi connectivity index (χ2v) is 6.83. The van der Waals surface area contributed by atoms with Gasteiger partial charge in [0.2, 0.25) is 10.0 Å². The molecule has 0 heterocycles. The van der Waals surface area contributed by atoms with Crippen molar-refractivity contribution in [3.05, 3.63) is 29.3 Å². The highest BCUT2D eigenvalue weighted by Crippen LogP contribution is 2.17. The first-order valence-corrected chi connectivity index (χ1v) is 6.97. The normalized spacial score (nSPS) is 12.8. The van der Waals surface area contributed by atoms with Gasteiger partial charge in [0, 0.05) is 12.1 Å². The Morgan fingerprint density at radius 3 is 2.29 bits per heavy atom. The molecule has 5 heteroatoms. The third kappa shape index (κ3) is 3.80. The van der Waals surface area contributed by atoms with Gasteiger partial charge in [-0.2, -0.15) is 0 Å². The summed E-state index contributed by atoms with van der Waals surface area (Å²) < 4.78 is 26.7. The quantitative estimate of drug-likeness (QED) is 0.861. The van der Waals surface area contributed by atoms with Crippen LogP contribution in [0.25, 0.3) is 0 Å².